The van der Waals surface area contributed by atoms with Crippen LogP contribution in [0.2, 0.25) is 0 Å². The van der Waals surface area contributed by atoms with E-state index in [9.17, 15) is 0 Å². The molecule has 1 aromatic carbocycles. The third kappa shape index (κ3) is 4.82. The average Bonchev–Trinajstić information content (AvgIpc) is 2.35. The van der Waals surface area contributed by atoms with Crippen molar-refractivity contribution < 1.29 is 4.74 Å². The maximum atomic E-state index is 5.86. The topological polar surface area (TPSA) is 35.2 Å². The Morgan fingerprint density at radius 2 is 1.80 bits per heavy atom. The highest BCUT2D eigenvalue weighted by Crippen LogP contribution is 2.34. The van der Waals surface area contributed by atoms with Crippen molar-refractivity contribution >= 4 is 0 Å². The summed E-state index contributed by atoms with van der Waals surface area (Å²) in [4.78, 5) is 0. The van der Waals surface area contributed by atoms with Gasteiger partial charge in [-0.15, -0.1) is 0 Å². The van der Waals surface area contributed by atoms with Crippen LogP contribution in [0.1, 0.15) is 71.4 Å². The molecule has 2 atom stereocenters. The van der Waals surface area contributed by atoms with Gasteiger partial charge in [0.2, 0.25) is 0 Å². The Hall–Kier alpha value is -1.02. The second-order valence-corrected chi connectivity index (χ2v) is 6.89. The zero-order valence-electron chi connectivity index (χ0n) is 14.0. The first-order valence-corrected chi connectivity index (χ1v) is 7.78. The molecule has 0 bridgehead atoms. The van der Waals surface area contributed by atoms with Crippen molar-refractivity contribution in [1.82, 2.24) is 0 Å². The molecule has 114 valence electrons. The van der Waals surface area contributed by atoms with Crippen LogP contribution in [0.25, 0.3) is 0 Å². The van der Waals surface area contributed by atoms with Gasteiger partial charge in [-0.1, -0.05) is 39.8 Å². The van der Waals surface area contributed by atoms with E-state index < -0.39 is 0 Å². The van der Waals surface area contributed by atoms with Crippen LogP contribution in [0.15, 0.2) is 18.2 Å². The first kappa shape index (κ1) is 17.0. The lowest BCUT2D eigenvalue weighted by atomic mass is 9.83. The van der Waals surface area contributed by atoms with Gasteiger partial charge in [0.15, 0.2) is 0 Å². The van der Waals surface area contributed by atoms with E-state index in [2.05, 4.69) is 52.8 Å². The van der Waals surface area contributed by atoms with Crippen molar-refractivity contribution in [3.05, 3.63) is 29.3 Å². The van der Waals surface area contributed by atoms with Gasteiger partial charge in [-0.25, -0.2) is 0 Å². The molecule has 0 saturated heterocycles. The highest BCUT2D eigenvalue weighted by Gasteiger charge is 2.20. The number of rotatable bonds is 6. The van der Waals surface area contributed by atoms with Gasteiger partial charge in [-0.3, -0.25) is 0 Å². The normalized spacial score (nSPS) is 14.9. The fourth-order valence-corrected chi connectivity index (χ4v) is 2.40. The predicted molar refractivity (Wildman–Crippen MR) is 87.6 cm³/mol. The van der Waals surface area contributed by atoms with Gasteiger partial charge in [-0.2, -0.15) is 0 Å². The summed E-state index contributed by atoms with van der Waals surface area (Å²) in [5, 5.41) is 0. The van der Waals surface area contributed by atoms with Crippen LogP contribution in [0.3, 0.4) is 0 Å². The Labute approximate surface area is 124 Å². The number of hydrogen-bond donors (Lipinski definition) is 1. The number of benzene rings is 1. The molecule has 0 heterocycles. The molecule has 0 aliphatic rings. The molecule has 0 saturated carbocycles. The molecule has 1 rings (SSSR count). The van der Waals surface area contributed by atoms with Crippen LogP contribution in [-0.4, -0.2) is 12.6 Å². The SMILES string of the molecule is CCOc1ccc(C(C)CCC(C)N)cc1C(C)(C)C. The lowest BCUT2D eigenvalue weighted by Crippen LogP contribution is -2.16. The number of ether oxygens (including phenoxy) is 1. The molecule has 0 aliphatic heterocycles. The monoisotopic (exact) mass is 277 g/mol. The maximum Gasteiger partial charge on any atom is 0.123 e. The zero-order valence-corrected chi connectivity index (χ0v) is 14.0. The van der Waals surface area contributed by atoms with Gasteiger partial charge in [-0.05, 0) is 55.2 Å². The van der Waals surface area contributed by atoms with E-state index in [1.54, 1.807) is 0 Å². The van der Waals surface area contributed by atoms with Gasteiger partial charge in [0.25, 0.3) is 0 Å². The van der Waals surface area contributed by atoms with Crippen molar-refractivity contribution in [3.8, 4) is 5.75 Å². The van der Waals surface area contributed by atoms with Gasteiger partial charge >= 0.3 is 0 Å². The molecule has 2 unspecified atom stereocenters. The lowest BCUT2D eigenvalue weighted by Gasteiger charge is -2.25. The summed E-state index contributed by atoms with van der Waals surface area (Å²) < 4.78 is 5.78. The van der Waals surface area contributed by atoms with E-state index >= 15 is 0 Å². The van der Waals surface area contributed by atoms with Crippen LogP contribution in [0, 0.1) is 0 Å². The Morgan fingerprint density at radius 3 is 2.30 bits per heavy atom. The number of nitrogens with two attached hydrogens (primary N) is 1. The second kappa shape index (κ2) is 7.12. The van der Waals surface area contributed by atoms with Crippen molar-refractivity contribution in [3.63, 3.8) is 0 Å². The molecule has 0 spiro atoms. The Kier molecular flexibility index (Phi) is 6.07. The summed E-state index contributed by atoms with van der Waals surface area (Å²) in [5.74, 6) is 1.56. The molecule has 2 nitrogen and oxygen atoms in total. The van der Waals surface area contributed by atoms with E-state index in [1.165, 1.54) is 11.1 Å². The first-order chi connectivity index (χ1) is 9.25. The minimum Gasteiger partial charge on any atom is -0.494 e. The van der Waals surface area contributed by atoms with Gasteiger partial charge in [0.1, 0.15) is 5.75 Å². The molecule has 2 heteroatoms. The highest BCUT2D eigenvalue weighted by molar-refractivity contribution is 5.42. The van der Waals surface area contributed by atoms with E-state index in [1.807, 2.05) is 6.92 Å². The fourth-order valence-electron chi connectivity index (χ4n) is 2.40. The van der Waals surface area contributed by atoms with Crippen LogP contribution in [0.5, 0.6) is 5.75 Å². The zero-order chi connectivity index (χ0) is 15.3. The van der Waals surface area contributed by atoms with Crippen LogP contribution in [-0.2, 0) is 5.41 Å². The minimum atomic E-state index is 0.0986. The molecule has 0 amide bonds. The third-order valence-corrected chi connectivity index (χ3v) is 3.74. The van der Waals surface area contributed by atoms with Crippen LogP contribution in [0.4, 0.5) is 0 Å². The van der Waals surface area contributed by atoms with E-state index in [-0.39, 0.29) is 11.5 Å². The molecular weight excluding hydrogens is 246 g/mol. The minimum absolute atomic E-state index is 0.0986. The molecule has 0 aromatic heterocycles. The average molecular weight is 277 g/mol. The van der Waals surface area contributed by atoms with Crippen molar-refractivity contribution in [2.75, 3.05) is 6.61 Å². The molecular formula is C18H31NO. The van der Waals surface area contributed by atoms with E-state index in [4.69, 9.17) is 10.5 Å². The molecule has 0 aliphatic carbocycles. The van der Waals surface area contributed by atoms with Crippen molar-refractivity contribution in [2.24, 2.45) is 5.73 Å². The Balaban J connectivity index is 3.00. The standard InChI is InChI=1S/C18H31NO/c1-7-20-17-11-10-15(12-16(17)18(4,5)6)13(2)8-9-14(3)19/h10-14H,7-9,19H2,1-6H3. The van der Waals surface area contributed by atoms with Crippen LogP contribution < -0.4 is 10.5 Å². The summed E-state index contributed by atoms with van der Waals surface area (Å²) in [5.41, 5.74) is 8.64. The smallest absolute Gasteiger partial charge is 0.123 e. The second-order valence-electron chi connectivity index (χ2n) is 6.89. The highest BCUT2D eigenvalue weighted by atomic mass is 16.5. The van der Waals surface area contributed by atoms with E-state index in [0.29, 0.717) is 12.5 Å². The summed E-state index contributed by atoms with van der Waals surface area (Å²) in [6.45, 7) is 13.8. The van der Waals surface area contributed by atoms with Gasteiger partial charge < -0.3 is 10.5 Å². The molecule has 1 aromatic rings. The van der Waals surface area contributed by atoms with Crippen molar-refractivity contribution in [1.29, 1.82) is 0 Å². The lowest BCUT2D eigenvalue weighted by molar-refractivity contribution is 0.329. The molecule has 0 radical (unpaired) electrons. The fraction of sp³-hybridized carbons (Fsp3) is 0.667. The van der Waals surface area contributed by atoms with Gasteiger partial charge in [0.05, 0.1) is 6.61 Å². The number of hydrogen-bond acceptors (Lipinski definition) is 2. The third-order valence-electron chi connectivity index (χ3n) is 3.74. The van der Waals surface area contributed by atoms with Crippen molar-refractivity contribution in [2.45, 2.75) is 71.8 Å². The van der Waals surface area contributed by atoms with Gasteiger partial charge in [0, 0.05) is 6.04 Å². The summed E-state index contributed by atoms with van der Waals surface area (Å²) in [7, 11) is 0. The Bertz CT molecular complexity index is 418. The summed E-state index contributed by atoms with van der Waals surface area (Å²) in [6, 6.07) is 6.92. The van der Waals surface area contributed by atoms with E-state index in [0.717, 1.165) is 18.6 Å². The largest absolute Gasteiger partial charge is 0.494 e. The quantitative estimate of drug-likeness (QED) is 0.824. The molecule has 0 fully saturated rings. The molecule has 2 N–H and O–H groups in total. The Morgan fingerprint density at radius 1 is 1.15 bits per heavy atom. The first-order valence-electron chi connectivity index (χ1n) is 7.78. The predicted octanol–water partition coefficient (Wildman–Crippen LogP) is 4.61. The van der Waals surface area contributed by atoms with Crippen LogP contribution >= 0.6 is 0 Å². The summed E-state index contributed by atoms with van der Waals surface area (Å²) in [6.07, 6.45) is 2.20. The summed E-state index contributed by atoms with van der Waals surface area (Å²) >= 11 is 0. The molecule has 20 heavy (non-hydrogen) atoms. The maximum absolute atomic E-state index is 5.86.